The molecule has 1 heterocycles. The monoisotopic (exact) mass is 325 g/mol. The Hall–Kier alpha value is -0.560. The van der Waals surface area contributed by atoms with E-state index in [1.54, 1.807) is 34.9 Å². The molecule has 0 aliphatic carbocycles. The van der Waals surface area contributed by atoms with E-state index in [4.69, 9.17) is 0 Å². The minimum atomic E-state index is 0.400. The Kier molecular flexibility index (Phi) is 6.35. The number of nitrogens with zero attached hydrogens (tertiary/aromatic N) is 2. The van der Waals surface area contributed by atoms with Crippen molar-refractivity contribution in [3.63, 3.8) is 0 Å². The Balaban J connectivity index is 2.22. The van der Waals surface area contributed by atoms with Gasteiger partial charge in [0.15, 0.2) is 8.68 Å². The fraction of sp³-hybridized carbons (Fsp3) is 0.429. The standard InChI is InChI=1S/C14H19N3S3/c1-4-11(15-5-2)10-8-6-7-9-12(10)19-14-17-16-13(18-3)20-14/h6-9,11,15H,4-5H2,1-3H3. The van der Waals surface area contributed by atoms with Gasteiger partial charge < -0.3 is 5.32 Å². The van der Waals surface area contributed by atoms with Gasteiger partial charge in [-0.05, 0) is 30.9 Å². The highest BCUT2D eigenvalue weighted by atomic mass is 32.2. The van der Waals surface area contributed by atoms with Crippen LogP contribution in [0.3, 0.4) is 0 Å². The molecule has 0 saturated heterocycles. The van der Waals surface area contributed by atoms with Crippen LogP contribution in [0.1, 0.15) is 31.9 Å². The lowest BCUT2D eigenvalue weighted by Gasteiger charge is -2.19. The maximum atomic E-state index is 4.24. The Labute approximate surface area is 133 Å². The molecule has 0 radical (unpaired) electrons. The third kappa shape index (κ3) is 3.97. The van der Waals surface area contributed by atoms with Crippen molar-refractivity contribution in [2.24, 2.45) is 0 Å². The molecule has 0 aliphatic rings. The lowest BCUT2D eigenvalue weighted by atomic mass is 10.0. The largest absolute Gasteiger partial charge is 0.310 e. The van der Waals surface area contributed by atoms with E-state index in [9.17, 15) is 0 Å². The highest BCUT2D eigenvalue weighted by Crippen LogP contribution is 2.36. The first-order chi connectivity index (χ1) is 9.78. The number of aromatic nitrogens is 2. The Morgan fingerprint density at radius 1 is 1.20 bits per heavy atom. The molecule has 2 aromatic rings. The van der Waals surface area contributed by atoms with Crippen LogP contribution in [0.25, 0.3) is 0 Å². The summed E-state index contributed by atoms with van der Waals surface area (Å²) in [5, 5.41) is 11.9. The van der Waals surface area contributed by atoms with Gasteiger partial charge in [-0.1, -0.05) is 66.9 Å². The molecule has 6 heteroatoms. The molecule has 2 rings (SSSR count). The molecule has 1 atom stereocenters. The van der Waals surface area contributed by atoms with Crippen LogP contribution in [-0.2, 0) is 0 Å². The van der Waals surface area contributed by atoms with Crippen molar-refractivity contribution in [3.05, 3.63) is 29.8 Å². The van der Waals surface area contributed by atoms with E-state index in [1.807, 2.05) is 6.26 Å². The predicted molar refractivity (Wildman–Crippen MR) is 89.0 cm³/mol. The first-order valence-corrected chi connectivity index (χ1v) is 9.51. The lowest BCUT2D eigenvalue weighted by Crippen LogP contribution is -2.20. The fourth-order valence-electron chi connectivity index (χ4n) is 2.00. The van der Waals surface area contributed by atoms with Crippen molar-refractivity contribution >= 4 is 34.9 Å². The first kappa shape index (κ1) is 15.8. The van der Waals surface area contributed by atoms with Crippen LogP contribution < -0.4 is 5.32 Å². The summed E-state index contributed by atoms with van der Waals surface area (Å²) in [4.78, 5) is 1.27. The van der Waals surface area contributed by atoms with E-state index < -0.39 is 0 Å². The number of benzene rings is 1. The second-order valence-corrected chi connectivity index (χ2v) is 7.52. The van der Waals surface area contributed by atoms with Crippen molar-refractivity contribution in [3.8, 4) is 0 Å². The van der Waals surface area contributed by atoms with Gasteiger partial charge in [0, 0.05) is 10.9 Å². The van der Waals surface area contributed by atoms with Crippen molar-refractivity contribution in [2.75, 3.05) is 12.8 Å². The number of hydrogen-bond acceptors (Lipinski definition) is 6. The number of hydrogen-bond donors (Lipinski definition) is 1. The molecule has 20 heavy (non-hydrogen) atoms. The Bertz CT molecular complexity index is 542. The molecule has 1 aromatic carbocycles. The zero-order valence-corrected chi connectivity index (χ0v) is 14.4. The van der Waals surface area contributed by atoms with Gasteiger partial charge >= 0.3 is 0 Å². The van der Waals surface area contributed by atoms with E-state index in [1.165, 1.54) is 10.5 Å². The minimum Gasteiger partial charge on any atom is -0.310 e. The summed E-state index contributed by atoms with van der Waals surface area (Å²) in [6.07, 6.45) is 3.11. The second-order valence-electron chi connectivity index (χ2n) is 4.20. The number of rotatable bonds is 7. The van der Waals surface area contributed by atoms with Crippen LogP contribution in [0, 0.1) is 0 Å². The molecule has 0 aliphatic heterocycles. The normalized spacial score (nSPS) is 12.6. The zero-order chi connectivity index (χ0) is 14.4. The van der Waals surface area contributed by atoms with Gasteiger partial charge in [0.05, 0.1) is 0 Å². The molecule has 1 N–H and O–H groups in total. The van der Waals surface area contributed by atoms with Crippen LogP contribution in [0.5, 0.6) is 0 Å². The summed E-state index contributed by atoms with van der Waals surface area (Å²) in [6.45, 7) is 5.34. The summed E-state index contributed by atoms with van der Waals surface area (Å²) < 4.78 is 2.02. The van der Waals surface area contributed by atoms with Gasteiger partial charge in [-0.3, -0.25) is 0 Å². The lowest BCUT2D eigenvalue weighted by molar-refractivity contribution is 0.530. The molecule has 0 bridgehead atoms. The maximum Gasteiger partial charge on any atom is 0.179 e. The maximum absolute atomic E-state index is 4.24. The predicted octanol–water partition coefficient (Wildman–Crippen LogP) is 4.47. The van der Waals surface area contributed by atoms with E-state index >= 15 is 0 Å². The topological polar surface area (TPSA) is 37.8 Å². The van der Waals surface area contributed by atoms with E-state index in [-0.39, 0.29) is 0 Å². The average Bonchev–Trinajstić information content (AvgIpc) is 2.93. The average molecular weight is 326 g/mol. The van der Waals surface area contributed by atoms with Gasteiger partial charge in [0.2, 0.25) is 0 Å². The SMILES string of the molecule is CCNC(CC)c1ccccc1Sc1nnc(SC)s1. The van der Waals surface area contributed by atoms with Gasteiger partial charge in [0.1, 0.15) is 0 Å². The molecule has 0 fully saturated rings. The smallest absolute Gasteiger partial charge is 0.179 e. The molecular formula is C14H19N3S3. The van der Waals surface area contributed by atoms with Crippen LogP contribution in [0.4, 0.5) is 0 Å². The molecular weight excluding hydrogens is 306 g/mol. The van der Waals surface area contributed by atoms with Gasteiger partial charge in [-0.15, -0.1) is 10.2 Å². The van der Waals surface area contributed by atoms with Crippen molar-refractivity contribution in [1.82, 2.24) is 15.5 Å². The first-order valence-electron chi connectivity index (χ1n) is 6.66. The molecule has 0 saturated carbocycles. The number of thioether (sulfide) groups is 1. The third-order valence-electron chi connectivity index (χ3n) is 2.91. The van der Waals surface area contributed by atoms with E-state index in [0.717, 1.165) is 21.6 Å². The highest BCUT2D eigenvalue weighted by Gasteiger charge is 2.14. The summed E-state index contributed by atoms with van der Waals surface area (Å²) in [5.41, 5.74) is 1.35. The van der Waals surface area contributed by atoms with E-state index in [2.05, 4.69) is 53.6 Å². The third-order valence-corrected chi connectivity index (χ3v) is 5.95. The van der Waals surface area contributed by atoms with Crippen LogP contribution in [0.15, 0.2) is 37.8 Å². The Morgan fingerprint density at radius 3 is 2.60 bits per heavy atom. The van der Waals surface area contributed by atoms with Crippen LogP contribution in [0.2, 0.25) is 0 Å². The molecule has 1 unspecified atom stereocenters. The summed E-state index contributed by atoms with van der Waals surface area (Å²) >= 11 is 5.01. The van der Waals surface area contributed by atoms with Crippen molar-refractivity contribution in [1.29, 1.82) is 0 Å². The Morgan fingerprint density at radius 2 is 1.95 bits per heavy atom. The molecule has 3 nitrogen and oxygen atoms in total. The molecule has 0 amide bonds. The van der Waals surface area contributed by atoms with Gasteiger partial charge in [-0.25, -0.2) is 0 Å². The summed E-state index contributed by atoms with van der Waals surface area (Å²) in [7, 11) is 0. The summed E-state index contributed by atoms with van der Waals surface area (Å²) in [6, 6.07) is 8.96. The molecule has 1 aromatic heterocycles. The summed E-state index contributed by atoms with van der Waals surface area (Å²) in [5.74, 6) is 0. The van der Waals surface area contributed by atoms with Crippen molar-refractivity contribution in [2.45, 2.75) is 39.9 Å². The van der Waals surface area contributed by atoms with Crippen LogP contribution in [-0.4, -0.2) is 23.0 Å². The van der Waals surface area contributed by atoms with Gasteiger partial charge in [-0.2, -0.15) is 0 Å². The van der Waals surface area contributed by atoms with Gasteiger partial charge in [0.25, 0.3) is 0 Å². The fourth-order valence-corrected chi connectivity index (χ4v) is 4.58. The van der Waals surface area contributed by atoms with E-state index in [0.29, 0.717) is 6.04 Å². The minimum absolute atomic E-state index is 0.400. The molecule has 108 valence electrons. The number of nitrogens with one attached hydrogen (secondary N) is 1. The highest BCUT2D eigenvalue weighted by molar-refractivity contribution is 8.03. The quantitative estimate of drug-likeness (QED) is 0.760. The van der Waals surface area contributed by atoms with Crippen molar-refractivity contribution < 1.29 is 0 Å². The second kappa shape index (κ2) is 8.02. The zero-order valence-electron chi connectivity index (χ0n) is 11.9. The van der Waals surface area contributed by atoms with Crippen LogP contribution >= 0.6 is 34.9 Å². The molecule has 0 spiro atoms.